The number of benzene rings is 1. The van der Waals surface area contributed by atoms with Gasteiger partial charge in [0, 0.05) is 0 Å². The summed E-state index contributed by atoms with van der Waals surface area (Å²) in [6.45, 7) is 5.95. The smallest absolute Gasteiger partial charge is 0.232 e. The lowest BCUT2D eigenvalue weighted by atomic mass is 9.91. The van der Waals surface area contributed by atoms with E-state index in [1.165, 1.54) is 64.7 Å². The molecule has 29 heavy (non-hydrogen) atoms. The maximum Gasteiger partial charge on any atom is 0.232 e. The van der Waals surface area contributed by atoms with E-state index in [9.17, 15) is 14.7 Å². The van der Waals surface area contributed by atoms with Gasteiger partial charge in [-0.25, -0.2) is 0 Å². The molecule has 1 aromatic carbocycles. The molecular weight excluding hydrogens is 384 g/mol. The standard InChI is InChI=1S/C24H38O4S/c1-4-6-7-8-9-10-11-12-13-14-19-28-22-17-15-21(16-18-22)24(27,20(3)25)23(26)29-5-2/h15-18,27H,4-14,19H2,1-3H3/t24-/m1/s1. The Labute approximate surface area is 180 Å². The fourth-order valence-electron chi connectivity index (χ4n) is 3.27. The Morgan fingerprint density at radius 1 is 0.897 bits per heavy atom. The van der Waals surface area contributed by atoms with Gasteiger partial charge in [0.05, 0.1) is 6.61 Å². The minimum absolute atomic E-state index is 0.294. The zero-order valence-corrected chi connectivity index (χ0v) is 19.2. The lowest BCUT2D eigenvalue weighted by Gasteiger charge is -2.23. The van der Waals surface area contributed by atoms with E-state index >= 15 is 0 Å². The summed E-state index contributed by atoms with van der Waals surface area (Å²) in [6, 6.07) is 6.62. The van der Waals surface area contributed by atoms with Crippen LogP contribution in [0.5, 0.6) is 5.75 Å². The van der Waals surface area contributed by atoms with Gasteiger partial charge in [-0.3, -0.25) is 9.59 Å². The van der Waals surface area contributed by atoms with Crippen molar-refractivity contribution in [3.05, 3.63) is 29.8 Å². The molecule has 0 unspecified atom stereocenters. The Morgan fingerprint density at radius 3 is 1.90 bits per heavy atom. The van der Waals surface area contributed by atoms with Crippen molar-refractivity contribution in [1.29, 1.82) is 0 Å². The first-order valence-corrected chi connectivity index (χ1v) is 12.1. The molecule has 0 saturated carbocycles. The summed E-state index contributed by atoms with van der Waals surface area (Å²) >= 11 is 0.954. The van der Waals surface area contributed by atoms with Crippen LogP contribution in [0.25, 0.3) is 0 Å². The predicted octanol–water partition coefficient (Wildman–Crippen LogP) is 6.04. The van der Waals surface area contributed by atoms with Crippen molar-refractivity contribution >= 4 is 22.7 Å². The van der Waals surface area contributed by atoms with E-state index in [0.717, 1.165) is 18.2 Å². The zero-order valence-electron chi connectivity index (χ0n) is 18.4. The molecular formula is C24H38O4S. The highest BCUT2D eigenvalue weighted by Gasteiger charge is 2.42. The minimum Gasteiger partial charge on any atom is -0.494 e. The van der Waals surface area contributed by atoms with Gasteiger partial charge < -0.3 is 9.84 Å². The molecule has 1 N–H and O–H groups in total. The van der Waals surface area contributed by atoms with Crippen LogP contribution in [-0.4, -0.2) is 28.4 Å². The fraction of sp³-hybridized carbons (Fsp3) is 0.667. The van der Waals surface area contributed by atoms with Crippen LogP contribution in [0, 0.1) is 0 Å². The Balaban J connectivity index is 2.32. The molecule has 0 aliphatic carbocycles. The van der Waals surface area contributed by atoms with Crippen LogP contribution in [0.2, 0.25) is 0 Å². The second-order valence-corrected chi connectivity index (χ2v) is 8.78. The van der Waals surface area contributed by atoms with Crippen LogP contribution in [0.3, 0.4) is 0 Å². The van der Waals surface area contributed by atoms with Crippen molar-refractivity contribution in [2.24, 2.45) is 0 Å². The highest BCUT2D eigenvalue weighted by molar-refractivity contribution is 8.13. The lowest BCUT2D eigenvalue weighted by molar-refractivity contribution is -0.145. The summed E-state index contributed by atoms with van der Waals surface area (Å²) in [5.74, 6) is 0.628. The van der Waals surface area contributed by atoms with Crippen molar-refractivity contribution in [1.82, 2.24) is 0 Å². The maximum atomic E-state index is 12.2. The van der Waals surface area contributed by atoms with Crippen molar-refractivity contribution in [2.75, 3.05) is 12.4 Å². The Morgan fingerprint density at radius 2 is 1.41 bits per heavy atom. The highest BCUT2D eigenvalue weighted by atomic mass is 32.2. The number of ketones is 1. The third-order valence-corrected chi connectivity index (χ3v) is 5.97. The first-order chi connectivity index (χ1) is 14.0. The Bertz CT molecular complexity index is 599. The SMILES string of the molecule is CCCCCCCCCCCCOc1ccc([C@](O)(C(C)=O)C(=O)SCC)cc1. The van der Waals surface area contributed by atoms with Crippen molar-refractivity contribution in [3.8, 4) is 5.75 Å². The first-order valence-electron chi connectivity index (χ1n) is 11.1. The molecule has 0 fully saturated rings. The molecule has 0 saturated heterocycles. The number of hydrogen-bond donors (Lipinski definition) is 1. The van der Waals surface area contributed by atoms with Gasteiger partial charge in [0.15, 0.2) is 5.78 Å². The second kappa shape index (κ2) is 14.6. The molecule has 0 radical (unpaired) electrons. The van der Waals surface area contributed by atoms with Gasteiger partial charge in [0.1, 0.15) is 5.75 Å². The zero-order chi connectivity index (χ0) is 21.5. The molecule has 4 nitrogen and oxygen atoms in total. The van der Waals surface area contributed by atoms with Crippen LogP contribution in [0.1, 0.15) is 90.5 Å². The summed E-state index contributed by atoms with van der Waals surface area (Å²) in [7, 11) is 0. The van der Waals surface area contributed by atoms with E-state index in [4.69, 9.17) is 4.74 Å². The number of carbonyl (C=O) groups is 2. The molecule has 5 heteroatoms. The number of hydrogen-bond acceptors (Lipinski definition) is 5. The number of carbonyl (C=O) groups excluding carboxylic acids is 2. The van der Waals surface area contributed by atoms with E-state index < -0.39 is 16.5 Å². The molecule has 0 aromatic heterocycles. The second-order valence-electron chi connectivity index (χ2n) is 7.54. The average molecular weight is 423 g/mol. The quantitative estimate of drug-likeness (QED) is 0.260. The molecule has 0 amide bonds. The summed E-state index contributed by atoms with van der Waals surface area (Å²) < 4.78 is 5.76. The molecule has 0 aliphatic rings. The number of Topliss-reactive ketones (excluding diaryl/α,β-unsaturated/α-hetero) is 1. The van der Waals surface area contributed by atoms with Crippen molar-refractivity contribution in [2.45, 2.75) is 90.6 Å². The normalized spacial score (nSPS) is 13.1. The number of thioether (sulfide) groups is 1. The number of aliphatic hydroxyl groups is 1. The van der Waals surface area contributed by atoms with Crippen molar-refractivity contribution < 1.29 is 19.4 Å². The van der Waals surface area contributed by atoms with Crippen LogP contribution < -0.4 is 4.74 Å². The summed E-state index contributed by atoms with van der Waals surface area (Å²) in [6.07, 6.45) is 12.8. The molecule has 164 valence electrons. The maximum absolute atomic E-state index is 12.2. The van der Waals surface area contributed by atoms with Gasteiger partial charge in [-0.15, -0.1) is 0 Å². The molecule has 1 rings (SSSR count). The van der Waals surface area contributed by atoms with E-state index in [-0.39, 0.29) is 0 Å². The van der Waals surface area contributed by atoms with Crippen LogP contribution in [0.4, 0.5) is 0 Å². The Hall–Kier alpha value is -1.33. The van der Waals surface area contributed by atoms with Crippen LogP contribution in [-0.2, 0) is 15.2 Å². The summed E-state index contributed by atoms with van der Waals surface area (Å²) in [5.41, 5.74) is -1.79. The molecule has 1 aromatic rings. The van der Waals surface area contributed by atoms with Crippen molar-refractivity contribution in [3.63, 3.8) is 0 Å². The average Bonchev–Trinajstić information content (AvgIpc) is 2.71. The van der Waals surface area contributed by atoms with Gasteiger partial charge in [-0.05, 0) is 36.8 Å². The summed E-state index contributed by atoms with van der Waals surface area (Å²) in [5, 5.41) is 10.1. The minimum atomic E-state index is -2.09. The van der Waals surface area contributed by atoms with Gasteiger partial charge >= 0.3 is 0 Å². The number of ether oxygens (including phenoxy) is 1. The number of unbranched alkanes of at least 4 members (excludes halogenated alkanes) is 9. The largest absolute Gasteiger partial charge is 0.494 e. The molecule has 0 heterocycles. The van der Waals surface area contributed by atoms with E-state index in [1.807, 2.05) is 6.92 Å². The van der Waals surface area contributed by atoms with Gasteiger partial charge in [0.25, 0.3) is 0 Å². The molecule has 1 atom stereocenters. The Kier molecular flexibility index (Phi) is 13.0. The van der Waals surface area contributed by atoms with Gasteiger partial charge in [-0.2, -0.15) is 0 Å². The lowest BCUT2D eigenvalue weighted by Crippen LogP contribution is -2.41. The van der Waals surface area contributed by atoms with Crippen LogP contribution in [0.15, 0.2) is 24.3 Å². The molecule has 0 spiro atoms. The number of rotatable bonds is 16. The van der Waals surface area contributed by atoms with E-state index in [0.29, 0.717) is 23.7 Å². The van der Waals surface area contributed by atoms with Gasteiger partial charge in [-0.1, -0.05) is 95.5 Å². The topological polar surface area (TPSA) is 63.6 Å². The predicted molar refractivity (Wildman–Crippen MR) is 121 cm³/mol. The highest BCUT2D eigenvalue weighted by Crippen LogP contribution is 2.30. The first kappa shape index (κ1) is 25.7. The van der Waals surface area contributed by atoms with E-state index in [1.54, 1.807) is 24.3 Å². The van der Waals surface area contributed by atoms with Gasteiger partial charge in [0.2, 0.25) is 10.7 Å². The third kappa shape index (κ3) is 8.91. The monoisotopic (exact) mass is 422 g/mol. The summed E-state index contributed by atoms with van der Waals surface area (Å²) in [4.78, 5) is 24.2. The van der Waals surface area contributed by atoms with Crippen LogP contribution >= 0.6 is 11.8 Å². The van der Waals surface area contributed by atoms with E-state index in [2.05, 4.69) is 6.92 Å². The fourth-order valence-corrected chi connectivity index (χ4v) is 4.00. The molecule has 0 aliphatic heterocycles. The third-order valence-electron chi connectivity index (χ3n) is 5.12. The molecule has 0 bridgehead atoms.